The summed E-state index contributed by atoms with van der Waals surface area (Å²) in [5.41, 5.74) is 0.793. The number of sulfonamides is 2. The van der Waals surface area contributed by atoms with Gasteiger partial charge in [0.1, 0.15) is 5.82 Å². The maximum absolute atomic E-state index is 13.3. The van der Waals surface area contributed by atoms with E-state index in [0.717, 1.165) is 22.5 Å². The molecule has 0 fully saturated rings. The van der Waals surface area contributed by atoms with Gasteiger partial charge in [0.2, 0.25) is 0 Å². The maximum Gasteiger partial charge on any atom is 0.264 e. The second-order valence-electron chi connectivity index (χ2n) is 6.35. The fourth-order valence-electron chi connectivity index (χ4n) is 2.78. The van der Waals surface area contributed by atoms with Crippen molar-refractivity contribution in [3.63, 3.8) is 0 Å². The Balaban J connectivity index is 1.93. The molecule has 0 amide bonds. The third kappa shape index (κ3) is 4.41. The summed E-state index contributed by atoms with van der Waals surface area (Å²) in [5.74, 6) is -0.543. The smallest absolute Gasteiger partial charge is 0.264 e. The van der Waals surface area contributed by atoms with Gasteiger partial charge in [0.05, 0.1) is 21.2 Å². The molecule has 3 aromatic rings. The van der Waals surface area contributed by atoms with E-state index in [-0.39, 0.29) is 21.0 Å². The average molecular weight is 435 g/mol. The first-order valence-corrected chi connectivity index (χ1v) is 11.5. The van der Waals surface area contributed by atoms with Gasteiger partial charge in [-0.2, -0.15) is 0 Å². The summed E-state index contributed by atoms with van der Waals surface area (Å²) in [6, 6.07) is 17.4. The van der Waals surface area contributed by atoms with Gasteiger partial charge in [-0.3, -0.25) is 9.03 Å². The number of nitrogens with one attached hydrogen (secondary N) is 1. The van der Waals surface area contributed by atoms with Crippen LogP contribution < -0.4 is 9.03 Å². The first-order chi connectivity index (χ1) is 13.6. The normalized spacial score (nSPS) is 11.8. The molecule has 0 saturated heterocycles. The van der Waals surface area contributed by atoms with Crippen LogP contribution in [0.25, 0.3) is 0 Å². The predicted octanol–water partition coefficient (Wildman–Crippen LogP) is 3.76. The van der Waals surface area contributed by atoms with Gasteiger partial charge >= 0.3 is 0 Å². The quantitative estimate of drug-likeness (QED) is 0.640. The van der Waals surface area contributed by atoms with Crippen molar-refractivity contribution in [1.29, 1.82) is 0 Å². The fourth-order valence-corrected chi connectivity index (χ4v) is 5.30. The van der Waals surface area contributed by atoms with E-state index >= 15 is 0 Å². The van der Waals surface area contributed by atoms with E-state index in [0.29, 0.717) is 5.69 Å². The van der Waals surface area contributed by atoms with E-state index in [4.69, 9.17) is 0 Å². The molecule has 0 saturated carbocycles. The van der Waals surface area contributed by atoms with Gasteiger partial charge in [0.25, 0.3) is 20.0 Å². The summed E-state index contributed by atoms with van der Waals surface area (Å²) in [5, 5.41) is 0. The molecular weight excluding hydrogens is 415 g/mol. The number of hydrogen-bond acceptors (Lipinski definition) is 4. The number of rotatable bonds is 6. The minimum absolute atomic E-state index is 0.0696. The number of nitrogens with zero attached hydrogens (tertiary/aromatic N) is 1. The van der Waals surface area contributed by atoms with Crippen molar-refractivity contribution >= 4 is 31.4 Å². The summed E-state index contributed by atoms with van der Waals surface area (Å²) in [7, 11) is -6.50. The summed E-state index contributed by atoms with van der Waals surface area (Å²) in [6.45, 7) is 1.48. The maximum atomic E-state index is 13.3. The Labute approximate surface area is 169 Å². The van der Waals surface area contributed by atoms with E-state index in [1.165, 1.54) is 38.2 Å². The van der Waals surface area contributed by atoms with Crippen LogP contribution in [-0.4, -0.2) is 23.9 Å². The largest absolute Gasteiger partial charge is 0.280 e. The number of para-hydroxylation sites is 1. The lowest BCUT2D eigenvalue weighted by Crippen LogP contribution is -2.26. The number of benzene rings is 3. The molecule has 3 rings (SSSR count). The van der Waals surface area contributed by atoms with Crippen molar-refractivity contribution in [1.82, 2.24) is 0 Å². The standard InChI is InChI=1S/C20H19FN2O4S2/c1-15-13-16(21)11-12-20(15)28(24,25)22-17-7-6-10-19(14-17)29(26,27)23(2)18-8-4-3-5-9-18/h3-14,22H,1-2H3. The lowest BCUT2D eigenvalue weighted by molar-refractivity contribution is 0.593. The van der Waals surface area contributed by atoms with Crippen LogP contribution in [0.5, 0.6) is 0 Å². The third-order valence-corrected chi connectivity index (χ3v) is 7.61. The summed E-state index contributed by atoms with van der Waals surface area (Å²) in [6.07, 6.45) is 0. The van der Waals surface area contributed by atoms with Crippen LogP contribution in [-0.2, 0) is 20.0 Å². The highest BCUT2D eigenvalue weighted by molar-refractivity contribution is 7.93. The number of aryl methyl sites for hydroxylation is 1. The van der Waals surface area contributed by atoms with E-state index in [1.54, 1.807) is 30.3 Å². The first-order valence-electron chi connectivity index (χ1n) is 8.54. The minimum atomic E-state index is -4.02. The van der Waals surface area contributed by atoms with Gasteiger partial charge in [-0.25, -0.2) is 21.2 Å². The summed E-state index contributed by atoms with van der Waals surface area (Å²) in [4.78, 5) is -0.159. The Morgan fingerprint density at radius 1 is 0.862 bits per heavy atom. The zero-order chi connectivity index (χ0) is 21.2. The molecule has 9 heteroatoms. The number of anilines is 2. The van der Waals surface area contributed by atoms with Crippen LogP contribution in [0.3, 0.4) is 0 Å². The SMILES string of the molecule is Cc1cc(F)ccc1S(=O)(=O)Nc1cccc(S(=O)(=O)N(C)c2ccccc2)c1. The first kappa shape index (κ1) is 20.8. The molecule has 0 aliphatic carbocycles. The Kier molecular flexibility index (Phi) is 5.63. The van der Waals surface area contributed by atoms with Crippen LogP contribution >= 0.6 is 0 Å². The van der Waals surface area contributed by atoms with Gasteiger partial charge in [0.15, 0.2) is 0 Å². The van der Waals surface area contributed by atoms with Crippen LogP contribution in [0.1, 0.15) is 5.56 Å². The van der Waals surface area contributed by atoms with Gasteiger partial charge in [-0.1, -0.05) is 24.3 Å². The Hall–Kier alpha value is -2.91. The highest BCUT2D eigenvalue weighted by Crippen LogP contribution is 2.25. The topological polar surface area (TPSA) is 83.5 Å². The Morgan fingerprint density at radius 2 is 1.55 bits per heavy atom. The van der Waals surface area contributed by atoms with Crippen molar-refractivity contribution in [2.24, 2.45) is 0 Å². The molecule has 29 heavy (non-hydrogen) atoms. The monoisotopic (exact) mass is 434 g/mol. The molecule has 152 valence electrons. The van der Waals surface area contributed by atoms with Crippen molar-refractivity contribution in [2.75, 3.05) is 16.1 Å². The number of hydrogen-bond donors (Lipinski definition) is 1. The van der Waals surface area contributed by atoms with Gasteiger partial charge in [-0.15, -0.1) is 0 Å². The molecule has 0 aliphatic heterocycles. The molecular formula is C20H19FN2O4S2. The number of halogens is 1. The van der Waals surface area contributed by atoms with E-state index < -0.39 is 25.9 Å². The molecule has 0 aliphatic rings. The van der Waals surface area contributed by atoms with Crippen LogP contribution in [0, 0.1) is 12.7 Å². The highest BCUT2D eigenvalue weighted by atomic mass is 32.2. The van der Waals surface area contributed by atoms with E-state index in [9.17, 15) is 21.2 Å². The zero-order valence-electron chi connectivity index (χ0n) is 15.7. The predicted molar refractivity (Wildman–Crippen MR) is 110 cm³/mol. The fraction of sp³-hybridized carbons (Fsp3) is 0.100. The Morgan fingerprint density at radius 3 is 2.21 bits per heavy atom. The van der Waals surface area contributed by atoms with Crippen molar-refractivity contribution in [3.05, 3.63) is 84.2 Å². The molecule has 6 nitrogen and oxygen atoms in total. The zero-order valence-corrected chi connectivity index (χ0v) is 17.3. The molecule has 0 aromatic heterocycles. The second-order valence-corrected chi connectivity index (χ2v) is 9.97. The lowest BCUT2D eigenvalue weighted by Gasteiger charge is -2.20. The van der Waals surface area contributed by atoms with Gasteiger partial charge < -0.3 is 0 Å². The molecule has 1 N–H and O–H groups in total. The van der Waals surface area contributed by atoms with E-state index in [2.05, 4.69) is 4.72 Å². The van der Waals surface area contributed by atoms with Crippen molar-refractivity contribution in [2.45, 2.75) is 16.7 Å². The van der Waals surface area contributed by atoms with Crippen LogP contribution in [0.15, 0.2) is 82.6 Å². The summed E-state index contributed by atoms with van der Waals surface area (Å²) >= 11 is 0. The van der Waals surface area contributed by atoms with Gasteiger partial charge in [-0.05, 0) is 61.0 Å². The van der Waals surface area contributed by atoms with Crippen LogP contribution in [0.4, 0.5) is 15.8 Å². The highest BCUT2D eigenvalue weighted by Gasteiger charge is 2.23. The van der Waals surface area contributed by atoms with Crippen molar-refractivity contribution < 1.29 is 21.2 Å². The molecule has 0 atom stereocenters. The molecule has 0 radical (unpaired) electrons. The molecule has 3 aromatic carbocycles. The lowest BCUT2D eigenvalue weighted by atomic mass is 10.2. The van der Waals surface area contributed by atoms with E-state index in [1.807, 2.05) is 0 Å². The van der Waals surface area contributed by atoms with Crippen LogP contribution in [0.2, 0.25) is 0 Å². The molecule has 0 bridgehead atoms. The molecule has 0 heterocycles. The average Bonchev–Trinajstić information content (AvgIpc) is 2.67. The van der Waals surface area contributed by atoms with Crippen molar-refractivity contribution in [3.8, 4) is 0 Å². The minimum Gasteiger partial charge on any atom is -0.280 e. The summed E-state index contributed by atoms with van der Waals surface area (Å²) < 4.78 is 67.9. The Bertz CT molecular complexity index is 1240. The second kappa shape index (κ2) is 7.84. The van der Waals surface area contributed by atoms with Gasteiger partial charge in [0, 0.05) is 7.05 Å². The molecule has 0 unspecified atom stereocenters. The third-order valence-electron chi connectivity index (χ3n) is 4.29. The molecule has 0 spiro atoms.